The van der Waals surface area contributed by atoms with Crippen LogP contribution in [0.25, 0.3) is 0 Å². The molecule has 414 valence electrons. The molecule has 0 aromatic heterocycles. The van der Waals surface area contributed by atoms with Gasteiger partial charge in [0.25, 0.3) is 0 Å². The molecule has 0 radical (unpaired) electrons. The van der Waals surface area contributed by atoms with Crippen molar-refractivity contribution < 1.29 is 39.8 Å². The van der Waals surface area contributed by atoms with E-state index in [2.05, 4.69) is 104 Å². The van der Waals surface area contributed by atoms with Crippen LogP contribution in [0.4, 0.5) is 0 Å². The molecule has 0 bridgehead atoms. The van der Waals surface area contributed by atoms with Gasteiger partial charge >= 0.3 is 0 Å². The van der Waals surface area contributed by atoms with Crippen molar-refractivity contribution in [2.45, 2.75) is 281 Å². The summed E-state index contributed by atoms with van der Waals surface area (Å²) in [5.41, 5.74) is 0. The lowest BCUT2D eigenvalue weighted by Crippen LogP contribution is -2.60. The maximum atomic E-state index is 13.1. The third kappa shape index (κ3) is 40.5. The largest absolute Gasteiger partial charge is 0.394 e. The third-order valence-corrected chi connectivity index (χ3v) is 13.4. The molecule has 9 nitrogen and oxygen atoms in total. The topological polar surface area (TPSA) is 149 Å². The van der Waals surface area contributed by atoms with E-state index in [4.69, 9.17) is 9.47 Å². The zero-order chi connectivity index (χ0) is 52.2. The van der Waals surface area contributed by atoms with Gasteiger partial charge in [0.1, 0.15) is 24.4 Å². The number of unbranched alkanes of at least 4 members (excludes halogenated alkanes) is 25. The van der Waals surface area contributed by atoms with E-state index in [-0.39, 0.29) is 12.5 Å². The number of rotatable bonds is 49. The normalized spacial score (nSPS) is 19.9. The Morgan fingerprint density at radius 3 is 1.33 bits per heavy atom. The Bertz CT molecular complexity index is 1450. The number of hydrogen-bond donors (Lipinski definition) is 6. The summed E-state index contributed by atoms with van der Waals surface area (Å²) in [6.45, 7) is 3.65. The number of carbonyl (C=O) groups excluding carboxylic acids is 1. The standard InChI is InChI=1S/C63H109NO8/c1-3-5-7-9-11-13-15-17-19-21-23-25-27-29-31-33-35-37-39-41-43-45-47-49-51-53-59(67)64-56(55-71-63-62(70)61(69)60(68)58(54-65)72-63)57(66)52-50-48-46-44-42-40-38-36-34-32-30-28-26-24-22-20-18-16-14-12-10-8-6-4-2/h5,7,11,13,17,19,23,25,29,31,35,37,42,44,50,52,56-58,60-63,65-66,68-70H,3-4,6,8-10,12,14-16,18,20-22,24,26-28,30,32-34,36,38-41,43,45-49,51,53-55H2,1-2H3,(H,64,67)/b7-5-,13-11-,19-17-,25-23-,31-29-,37-35-,44-42+,52-50+. The quantitative estimate of drug-likeness (QED) is 0.0261. The number of amides is 1. The SMILES string of the molecule is CC/C=C\C/C=C\C/C=C\C/C=C\C/C=C\C/C=C\CCCCCCCCC(=O)NC(COC1OC(CO)C(O)C(O)C1O)C(O)/C=C/CC/C=C/CCCCCCCCCCCCCCCCCCCC. The van der Waals surface area contributed by atoms with Gasteiger partial charge in [-0.05, 0) is 83.5 Å². The molecule has 1 rings (SSSR count). The fraction of sp³-hybridized carbons (Fsp3) is 0.730. The molecule has 0 spiro atoms. The number of nitrogens with one attached hydrogen (secondary N) is 1. The minimum atomic E-state index is -1.58. The monoisotopic (exact) mass is 1010 g/mol. The average molecular weight is 1010 g/mol. The number of ether oxygens (including phenoxy) is 2. The van der Waals surface area contributed by atoms with Crippen molar-refractivity contribution in [3.8, 4) is 0 Å². The minimum absolute atomic E-state index is 0.204. The summed E-state index contributed by atoms with van der Waals surface area (Å²) in [5, 5.41) is 54.5. The summed E-state index contributed by atoms with van der Waals surface area (Å²) in [7, 11) is 0. The second-order valence-electron chi connectivity index (χ2n) is 20.0. The minimum Gasteiger partial charge on any atom is -0.394 e. The number of hydrogen-bond acceptors (Lipinski definition) is 8. The number of aliphatic hydroxyl groups is 5. The fourth-order valence-corrected chi connectivity index (χ4v) is 8.76. The smallest absolute Gasteiger partial charge is 0.220 e. The predicted octanol–water partition coefficient (Wildman–Crippen LogP) is 14.8. The summed E-state index contributed by atoms with van der Waals surface area (Å²) in [6.07, 6.45) is 67.5. The van der Waals surface area contributed by atoms with Crippen LogP contribution in [-0.2, 0) is 14.3 Å². The molecule has 1 amide bonds. The van der Waals surface area contributed by atoms with Gasteiger partial charge < -0.3 is 40.3 Å². The van der Waals surface area contributed by atoms with Crippen molar-refractivity contribution >= 4 is 5.91 Å². The van der Waals surface area contributed by atoms with E-state index in [0.717, 1.165) is 103 Å². The van der Waals surface area contributed by atoms with Gasteiger partial charge in [-0.15, -0.1) is 0 Å². The van der Waals surface area contributed by atoms with E-state index < -0.39 is 49.5 Å². The second kappa shape index (κ2) is 51.6. The molecule has 0 aromatic rings. The van der Waals surface area contributed by atoms with E-state index in [9.17, 15) is 30.3 Å². The molecule has 9 heteroatoms. The highest BCUT2D eigenvalue weighted by Crippen LogP contribution is 2.23. The van der Waals surface area contributed by atoms with Crippen LogP contribution in [0, 0.1) is 0 Å². The molecule has 1 aliphatic heterocycles. The lowest BCUT2D eigenvalue weighted by Gasteiger charge is -2.40. The van der Waals surface area contributed by atoms with Crippen molar-refractivity contribution in [2.24, 2.45) is 0 Å². The number of allylic oxidation sites excluding steroid dienone is 15. The number of carbonyl (C=O) groups is 1. The molecule has 0 saturated carbocycles. The summed E-state index contributed by atoms with van der Waals surface area (Å²) < 4.78 is 11.3. The van der Waals surface area contributed by atoms with Gasteiger partial charge in [-0.3, -0.25) is 4.79 Å². The van der Waals surface area contributed by atoms with E-state index in [1.807, 2.05) is 6.08 Å². The Kier molecular flexibility index (Phi) is 48.1. The predicted molar refractivity (Wildman–Crippen MR) is 304 cm³/mol. The van der Waals surface area contributed by atoms with Crippen molar-refractivity contribution in [1.29, 1.82) is 0 Å². The third-order valence-electron chi connectivity index (χ3n) is 13.4. The van der Waals surface area contributed by atoms with Crippen LogP contribution < -0.4 is 5.32 Å². The van der Waals surface area contributed by atoms with Crippen LogP contribution in [-0.4, -0.2) is 87.5 Å². The highest BCUT2D eigenvalue weighted by Gasteiger charge is 2.44. The Balaban J connectivity index is 2.28. The van der Waals surface area contributed by atoms with E-state index in [1.54, 1.807) is 6.08 Å². The first-order valence-electron chi connectivity index (χ1n) is 29.5. The summed E-state index contributed by atoms with van der Waals surface area (Å²) in [5.74, 6) is -0.204. The maximum Gasteiger partial charge on any atom is 0.220 e. The summed E-state index contributed by atoms with van der Waals surface area (Å²) in [4.78, 5) is 13.1. The molecule has 1 heterocycles. The molecular weight excluding hydrogens is 899 g/mol. The summed E-state index contributed by atoms with van der Waals surface area (Å²) >= 11 is 0. The average Bonchev–Trinajstić information content (AvgIpc) is 3.38. The van der Waals surface area contributed by atoms with Crippen molar-refractivity contribution in [3.05, 3.63) is 97.2 Å². The molecule has 1 fully saturated rings. The van der Waals surface area contributed by atoms with Crippen LogP contribution in [0.3, 0.4) is 0 Å². The second-order valence-corrected chi connectivity index (χ2v) is 20.0. The number of aliphatic hydroxyl groups excluding tert-OH is 5. The molecule has 0 aromatic carbocycles. The van der Waals surface area contributed by atoms with Crippen molar-refractivity contribution in [2.75, 3.05) is 13.2 Å². The van der Waals surface area contributed by atoms with Crippen molar-refractivity contribution in [3.63, 3.8) is 0 Å². The molecular formula is C63H109NO8. The first-order chi connectivity index (χ1) is 35.3. The Morgan fingerprint density at radius 2 is 0.875 bits per heavy atom. The van der Waals surface area contributed by atoms with Gasteiger partial charge in [-0.25, -0.2) is 0 Å². The van der Waals surface area contributed by atoms with Gasteiger partial charge in [0.15, 0.2) is 6.29 Å². The van der Waals surface area contributed by atoms with E-state index in [1.165, 1.54) is 116 Å². The first-order valence-corrected chi connectivity index (χ1v) is 29.5. The first kappa shape index (κ1) is 67.1. The lowest BCUT2D eigenvalue weighted by molar-refractivity contribution is -0.302. The Hall–Kier alpha value is -2.89. The Labute approximate surface area is 441 Å². The Morgan fingerprint density at radius 1 is 0.486 bits per heavy atom. The van der Waals surface area contributed by atoms with Crippen LogP contribution in [0.1, 0.15) is 239 Å². The molecule has 6 N–H and O–H groups in total. The molecule has 0 aliphatic carbocycles. The van der Waals surface area contributed by atoms with Crippen LogP contribution in [0.5, 0.6) is 0 Å². The van der Waals surface area contributed by atoms with Gasteiger partial charge in [-0.1, -0.05) is 246 Å². The molecule has 1 aliphatic rings. The highest BCUT2D eigenvalue weighted by molar-refractivity contribution is 5.76. The fourth-order valence-electron chi connectivity index (χ4n) is 8.76. The van der Waals surface area contributed by atoms with Gasteiger partial charge in [0.2, 0.25) is 5.91 Å². The van der Waals surface area contributed by atoms with Crippen molar-refractivity contribution in [1.82, 2.24) is 5.32 Å². The van der Waals surface area contributed by atoms with Crippen LogP contribution >= 0.6 is 0 Å². The molecule has 1 saturated heterocycles. The van der Waals surface area contributed by atoms with Gasteiger partial charge in [-0.2, -0.15) is 0 Å². The molecule has 7 atom stereocenters. The van der Waals surface area contributed by atoms with Crippen LogP contribution in [0.15, 0.2) is 97.2 Å². The van der Waals surface area contributed by atoms with E-state index in [0.29, 0.717) is 6.42 Å². The maximum absolute atomic E-state index is 13.1. The zero-order valence-corrected chi connectivity index (χ0v) is 45.9. The summed E-state index contributed by atoms with van der Waals surface area (Å²) in [6, 6.07) is -0.838. The molecule has 72 heavy (non-hydrogen) atoms. The molecule has 7 unspecified atom stereocenters. The highest BCUT2D eigenvalue weighted by atomic mass is 16.7. The van der Waals surface area contributed by atoms with Crippen LogP contribution in [0.2, 0.25) is 0 Å². The van der Waals surface area contributed by atoms with Gasteiger partial charge in [0.05, 0.1) is 25.4 Å². The zero-order valence-electron chi connectivity index (χ0n) is 45.9. The van der Waals surface area contributed by atoms with E-state index >= 15 is 0 Å². The lowest BCUT2D eigenvalue weighted by atomic mass is 9.99. The van der Waals surface area contributed by atoms with Gasteiger partial charge in [0, 0.05) is 6.42 Å².